The molecule has 0 saturated carbocycles. The fourth-order valence-corrected chi connectivity index (χ4v) is 1.77. The Labute approximate surface area is 93.5 Å². The number of hydrogen-bond donors (Lipinski definition) is 0. The van der Waals surface area contributed by atoms with Crippen LogP contribution in [-0.4, -0.2) is 27.0 Å². The molecule has 0 heterocycles. The minimum atomic E-state index is -3.39. The molecule has 1 aromatic rings. The first kappa shape index (κ1) is 12.0. The number of para-hydroxylation sites is 1. The van der Waals surface area contributed by atoms with Crippen molar-refractivity contribution in [3.8, 4) is 0 Å². The second kappa shape index (κ2) is 4.20. The van der Waals surface area contributed by atoms with Gasteiger partial charge in [0.1, 0.15) is 0 Å². The highest BCUT2D eigenvalue weighted by Crippen LogP contribution is 2.22. The minimum Gasteiger partial charge on any atom is -0.276 e. The number of anilines is 1. The van der Waals surface area contributed by atoms with E-state index in [-0.39, 0.29) is 11.3 Å². The third kappa shape index (κ3) is 2.70. The molecule has 0 N–H and O–H groups in total. The van der Waals surface area contributed by atoms with E-state index in [0.29, 0.717) is 0 Å². The van der Waals surface area contributed by atoms with Gasteiger partial charge >= 0.3 is 0 Å². The van der Waals surface area contributed by atoms with Gasteiger partial charge in [0, 0.05) is 7.05 Å². The predicted molar refractivity (Wildman–Crippen MR) is 59.9 cm³/mol. The number of carbonyl (C=O) groups excluding carboxylic acids is 1. The van der Waals surface area contributed by atoms with Gasteiger partial charge in [-0.3, -0.25) is 9.10 Å². The fraction of sp³-hybridized carbons (Fsp3) is 0.222. The third-order valence-electron chi connectivity index (χ3n) is 1.95. The molecule has 0 amide bonds. The van der Waals surface area contributed by atoms with Crippen LogP contribution in [0.2, 0.25) is 0 Å². The van der Waals surface area contributed by atoms with Gasteiger partial charge in [-0.15, -0.1) is 0 Å². The van der Waals surface area contributed by atoms with E-state index >= 15 is 0 Å². The number of sulfonamides is 1. The summed E-state index contributed by atoms with van der Waals surface area (Å²) in [5, 5.41) is -0.680. The van der Waals surface area contributed by atoms with Crippen LogP contribution >= 0.6 is 11.6 Å². The highest BCUT2D eigenvalue weighted by atomic mass is 35.5. The van der Waals surface area contributed by atoms with E-state index in [1.165, 1.54) is 19.2 Å². The van der Waals surface area contributed by atoms with Crippen LogP contribution < -0.4 is 4.31 Å². The van der Waals surface area contributed by atoms with Gasteiger partial charge in [0.2, 0.25) is 10.0 Å². The summed E-state index contributed by atoms with van der Waals surface area (Å²) in [5.41, 5.74) is 0.451. The Kier molecular flexibility index (Phi) is 3.36. The lowest BCUT2D eigenvalue weighted by atomic mass is 10.2. The molecule has 0 atom stereocenters. The monoisotopic (exact) mass is 247 g/mol. The van der Waals surface area contributed by atoms with E-state index in [1.54, 1.807) is 12.1 Å². The molecule has 0 fully saturated rings. The van der Waals surface area contributed by atoms with Gasteiger partial charge in [-0.25, -0.2) is 8.42 Å². The lowest BCUT2D eigenvalue weighted by Gasteiger charge is -2.18. The summed E-state index contributed by atoms with van der Waals surface area (Å²) >= 11 is 5.34. The molecule has 0 spiro atoms. The average molecular weight is 248 g/mol. The van der Waals surface area contributed by atoms with Gasteiger partial charge in [-0.2, -0.15) is 0 Å². The van der Waals surface area contributed by atoms with E-state index in [4.69, 9.17) is 11.6 Å². The van der Waals surface area contributed by atoms with Crippen LogP contribution in [0, 0.1) is 0 Å². The molecule has 0 unspecified atom stereocenters. The van der Waals surface area contributed by atoms with Gasteiger partial charge in [-0.05, 0) is 23.7 Å². The Morgan fingerprint density at radius 2 is 1.87 bits per heavy atom. The van der Waals surface area contributed by atoms with Gasteiger partial charge < -0.3 is 0 Å². The highest BCUT2D eigenvalue weighted by Gasteiger charge is 2.17. The van der Waals surface area contributed by atoms with Crippen molar-refractivity contribution in [3.63, 3.8) is 0 Å². The maximum atomic E-state index is 11.3. The highest BCUT2D eigenvalue weighted by molar-refractivity contribution is 7.92. The van der Waals surface area contributed by atoms with Gasteiger partial charge in [0.05, 0.1) is 17.5 Å². The number of benzene rings is 1. The normalized spacial score (nSPS) is 11.1. The summed E-state index contributed by atoms with van der Waals surface area (Å²) in [7, 11) is -2.02. The summed E-state index contributed by atoms with van der Waals surface area (Å²) in [4.78, 5) is 11.0. The van der Waals surface area contributed by atoms with Gasteiger partial charge in [0.15, 0.2) is 0 Å². The Morgan fingerprint density at radius 1 is 1.33 bits per heavy atom. The maximum absolute atomic E-state index is 11.3. The number of carbonyl (C=O) groups is 1. The maximum Gasteiger partial charge on any atom is 0.254 e. The van der Waals surface area contributed by atoms with E-state index in [9.17, 15) is 13.2 Å². The van der Waals surface area contributed by atoms with Crippen LogP contribution in [0.5, 0.6) is 0 Å². The van der Waals surface area contributed by atoms with E-state index in [1.807, 2.05) is 0 Å². The first-order valence-corrected chi connectivity index (χ1v) is 6.29. The van der Waals surface area contributed by atoms with Gasteiger partial charge in [-0.1, -0.05) is 12.1 Å². The largest absolute Gasteiger partial charge is 0.276 e. The van der Waals surface area contributed by atoms with Crippen LogP contribution in [0.25, 0.3) is 0 Å². The Bertz CT molecular complexity index is 484. The molecule has 82 valence electrons. The summed E-state index contributed by atoms with van der Waals surface area (Å²) in [5.74, 6) is 0. The third-order valence-corrected chi connectivity index (χ3v) is 3.35. The lowest BCUT2D eigenvalue weighted by Crippen LogP contribution is -2.26. The van der Waals surface area contributed by atoms with E-state index in [2.05, 4.69) is 0 Å². The molecule has 0 aliphatic heterocycles. The number of halogens is 1. The molecule has 0 aliphatic rings. The van der Waals surface area contributed by atoms with Crippen LogP contribution in [0.15, 0.2) is 24.3 Å². The Balaban J connectivity index is 3.32. The van der Waals surface area contributed by atoms with Crippen molar-refractivity contribution in [2.24, 2.45) is 0 Å². The fourth-order valence-electron chi connectivity index (χ4n) is 1.09. The Hall–Kier alpha value is -1.07. The van der Waals surface area contributed by atoms with Crippen LogP contribution in [0.1, 0.15) is 10.4 Å². The topological polar surface area (TPSA) is 54.5 Å². The van der Waals surface area contributed by atoms with Crippen molar-refractivity contribution in [2.45, 2.75) is 0 Å². The molecular formula is C9H10ClNO3S. The average Bonchev–Trinajstić information content (AvgIpc) is 2.15. The second-order valence-electron chi connectivity index (χ2n) is 3.02. The summed E-state index contributed by atoms with van der Waals surface area (Å²) < 4.78 is 23.6. The molecule has 0 saturated heterocycles. The minimum absolute atomic E-state index is 0.173. The van der Waals surface area contributed by atoms with Crippen molar-refractivity contribution in [1.82, 2.24) is 0 Å². The lowest BCUT2D eigenvalue weighted by molar-refractivity contribution is 0.108. The van der Waals surface area contributed by atoms with Crippen molar-refractivity contribution in [1.29, 1.82) is 0 Å². The molecule has 1 aromatic carbocycles. The number of nitrogens with zero attached hydrogens (tertiary/aromatic N) is 1. The first-order valence-electron chi connectivity index (χ1n) is 4.07. The summed E-state index contributed by atoms with van der Waals surface area (Å²) in [6.07, 6.45) is 1.06. The zero-order valence-electron chi connectivity index (χ0n) is 8.27. The van der Waals surface area contributed by atoms with E-state index < -0.39 is 15.3 Å². The number of rotatable bonds is 3. The van der Waals surface area contributed by atoms with E-state index in [0.717, 1.165) is 10.6 Å². The van der Waals surface area contributed by atoms with Crippen LogP contribution in [-0.2, 0) is 10.0 Å². The first-order chi connectivity index (χ1) is 6.84. The smallest absolute Gasteiger partial charge is 0.254 e. The van der Waals surface area contributed by atoms with Crippen molar-refractivity contribution >= 4 is 32.6 Å². The van der Waals surface area contributed by atoms with Crippen molar-refractivity contribution in [2.75, 3.05) is 17.6 Å². The summed E-state index contributed by atoms with van der Waals surface area (Å²) in [6.45, 7) is 0. The molecule has 4 nitrogen and oxygen atoms in total. The Morgan fingerprint density at radius 3 is 2.33 bits per heavy atom. The van der Waals surface area contributed by atoms with Crippen molar-refractivity contribution < 1.29 is 13.2 Å². The molecule has 15 heavy (non-hydrogen) atoms. The number of hydrogen-bond acceptors (Lipinski definition) is 3. The quantitative estimate of drug-likeness (QED) is 0.760. The molecule has 0 radical (unpaired) electrons. The molecule has 0 bridgehead atoms. The zero-order valence-corrected chi connectivity index (χ0v) is 9.84. The standard InChI is InChI=1S/C9H10ClNO3S/c1-11(15(2,13)14)8-6-4-3-5-7(8)9(10)12/h3-6H,1-2H3. The molecule has 1 rings (SSSR count). The van der Waals surface area contributed by atoms with Crippen LogP contribution in [0.4, 0.5) is 5.69 Å². The van der Waals surface area contributed by atoms with Crippen molar-refractivity contribution in [3.05, 3.63) is 29.8 Å². The molecule has 0 aliphatic carbocycles. The second-order valence-corrected chi connectivity index (χ2v) is 5.38. The summed E-state index contributed by atoms with van der Waals surface area (Å²) in [6, 6.07) is 6.26. The predicted octanol–water partition coefficient (Wildman–Crippen LogP) is 1.46. The molecular weight excluding hydrogens is 238 g/mol. The van der Waals surface area contributed by atoms with Crippen LogP contribution in [0.3, 0.4) is 0 Å². The SMILES string of the molecule is CN(c1ccccc1C(=O)Cl)S(C)(=O)=O. The zero-order chi connectivity index (χ0) is 11.6. The molecule has 0 aromatic heterocycles. The van der Waals surface area contributed by atoms with Gasteiger partial charge in [0.25, 0.3) is 5.24 Å². The molecule has 6 heteroatoms.